The Labute approximate surface area is 790 Å². The molecule has 0 aliphatic rings. The lowest BCUT2D eigenvalue weighted by Crippen LogP contribution is -2.13. The summed E-state index contributed by atoms with van der Waals surface area (Å²) in [5.74, 6) is -6.22. The SMILES string of the molecule is Cc1ccc(CS(=O)(=O)c2cnc(NC(=O)c3ccccn3)s2)c(Cl)c1.Cc1ccc(CS(=O)(=O)c2cnc(NC(=O)c3ccccn3)s2)c(F)c1.Cc1ccc(CS(=O)(=O)c2sc(NC(=O)c3ccccn3)nc2C(F)F)c(F)c1.Cc1nc(NC(=O)c2ccccn2)sc1S(=O)(=O)Cc1ccc(C(C)C)cc1.O=C(Nc1ncc(S(=O)(=O)Cc2ccccc2F)s1)c1ccccn1. The van der Waals surface area contributed by atoms with Crippen LogP contribution in [0.4, 0.5) is 47.6 Å². The van der Waals surface area contributed by atoms with Crippen molar-refractivity contribution in [1.82, 2.24) is 49.8 Å². The maximum atomic E-state index is 14.0. The highest BCUT2D eigenvalue weighted by atomic mass is 35.5. The summed E-state index contributed by atoms with van der Waals surface area (Å²) >= 11 is 9.97. The zero-order chi connectivity index (χ0) is 96.8. The molecule has 0 radical (unpaired) electrons. The second kappa shape index (κ2) is 45.6. The summed E-state index contributed by atoms with van der Waals surface area (Å²) in [6.45, 7) is 11.0. The van der Waals surface area contributed by atoms with Crippen LogP contribution in [0.25, 0.3) is 0 Å². The van der Waals surface area contributed by atoms with E-state index in [-0.39, 0.29) is 99.2 Å². The molecule has 134 heavy (non-hydrogen) atoms. The van der Waals surface area contributed by atoms with Crippen LogP contribution in [-0.2, 0) is 78.0 Å². The van der Waals surface area contributed by atoms with E-state index in [1.807, 2.05) is 37.3 Å². The summed E-state index contributed by atoms with van der Waals surface area (Å²) in [5.41, 5.74) is 4.90. The third-order valence-electron chi connectivity index (χ3n) is 18.1. The molecule has 0 saturated heterocycles. The molecule has 0 atom stereocenters. The van der Waals surface area contributed by atoms with Gasteiger partial charge in [-0.2, -0.15) is 0 Å². The Hall–Kier alpha value is -13.0. The van der Waals surface area contributed by atoms with Gasteiger partial charge in [-0.05, 0) is 152 Å². The van der Waals surface area contributed by atoms with Gasteiger partial charge in [0.25, 0.3) is 36.0 Å². The van der Waals surface area contributed by atoms with Crippen molar-refractivity contribution < 1.29 is 88.0 Å². The number of sulfone groups is 5. The summed E-state index contributed by atoms with van der Waals surface area (Å²) in [5, 5.41) is 13.2. The molecule has 15 rings (SSSR count). The van der Waals surface area contributed by atoms with E-state index in [1.165, 1.54) is 97.8 Å². The predicted octanol–water partition coefficient (Wildman–Crippen LogP) is 18.2. The number of rotatable bonds is 27. The molecule has 30 nitrogen and oxygen atoms in total. The number of thiazole rings is 5. The van der Waals surface area contributed by atoms with Crippen molar-refractivity contribution in [1.29, 1.82) is 0 Å². The minimum atomic E-state index is -4.33. The van der Waals surface area contributed by atoms with Crippen molar-refractivity contribution in [2.24, 2.45) is 0 Å². The number of nitrogens with zero attached hydrogens (tertiary/aromatic N) is 10. The number of aromatic nitrogens is 10. The molecular weight excluding hydrogens is 1960 g/mol. The molecule has 0 saturated carbocycles. The van der Waals surface area contributed by atoms with Crippen molar-refractivity contribution >= 4 is 173 Å². The van der Waals surface area contributed by atoms with Gasteiger partial charge in [0.2, 0.25) is 0 Å². The van der Waals surface area contributed by atoms with Gasteiger partial charge in [-0.15, -0.1) is 0 Å². The first-order chi connectivity index (χ1) is 63.6. The number of halogens is 6. The maximum absolute atomic E-state index is 14.0. The molecule has 694 valence electrons. The van der Waals surface area contributed by atoms with E-state index in [0.717, 1.165) is 80.5 Å². The molecule has 0 unspecified atom stereocenters. The minimum Gasteiger partial charge on any atom is -0.296 e. The number of amides is 5. The topological polar surface area (TPSA) is 445 Å². The Morgan fingerprint density at radius 2 is 0.664 bits per heavy atom. The van der Waals surface area contributed by atoms with Gasteiger partial charge in [0.15, 0.2) is 79.1 Å². The number of pyridine rings is 5. The van der Waals surface area contributed by atoms with Crippen LogP contribution < -0.4 is 26.6 Å². The number of hydrogen-bond donors (Lipinski definition) is 5. The third kappa shape index (κ3) is 28.5. The van der Waals surface area contributed by atoms with Crippen LogP contribution in [0.2, 0.25) is 5.02 Å². The number of anilines is 5. The van der Waals surface area contributed by atoms with Crippen molar-refractivity contribution in [3.63, 3.8) is 0 Å². The minimum absolute atomic E-state index is 0.00688. The lowest BCUT2D eigenvalue weighted by molar-refractivity contribution is 0.101. The number of benzene rings is 5. The normalized spacial score (nSPS) is 11.4. The highest BCUT2D eigenvalue weighted by molar-refractivity contribution is 7.94. The van der Waals surface area contributed by atoms with Crippen molar-refractivity contribution in [3.8, 4) is 0 Å². The van der Waals surface area contributed by atoms with Gasteiger partial charge in [-0.25, -0.2) is 89.0 Å². The van der Waals surface area contributed by atoms with Crippen LogP contribution in [0.5, 0.6) is 0 Å². The van der Waals surface area contributed by atoms with E-state index < -0.39 is 130 Å². The Morgan fingerprint density at radius 3 is 1.01 bits per heavy atom. The zero-order valence-corrected chi connectivity index (χ0v) is 79.7. The molecule has 0 spiro atoms. The average molecular weight is 2030 g/mol. The van der Waals surface area contributed by atoms with E-state index in [4.69, 9.17) is 11.6 Å². The Balaban J connectivity index is 0.000000161. The fraction of sp³-hybridized carbons (Fsp3) is 0.148. The summed E-state index contributed by atoms with van der Waals surface area (Å²) in [6, 6.07) is 51.0. The molecule has 46 heteroatoms. The summed E-state index contributed by atoms with van der Waals surface area (Å²) in [7, 11) is -19.1. The molecule has 0 fully saturated rings. The van der Waals surface area contributed by atoms with E-state index in [0.29, 0.717) is 44.7 Å². The largest absolute Gasteiger partial charge is 0.296 e. The quantitative estimate of drug-likeness (QED) is 0.0298. The van der Waals surface area contributed by atoms with Gasteiger partial charge in [0.1, 0.15) is 68.5 Å². The van der Waals surface area contributed by atoms with E-state index >= 15 is 0 Å². The van der Waals surface area contributed by atoms with Gasteiger partial charge in [0.05, 0.1) is 53.0 Å². The number of hydrogen-bond acceptors (Lipinski definition) is 30. The van der Waals surface area contributed by atoms with Crippen LogP contribution in [0.15, 0.2) is 265 Å². The first-order valence-corrected chi connectivity index (χ1v) is 51.8. The van der Waals surface area contributed by atoms with E-state index in [1.54, 1.807) is 118 Å². The lowest BCUT2D eigenvalue weighted by atomic mass is 10.0. The highest BCUT2D eigenvalue weighted by Crippen LogP contribution is 2.38. The number of carbonyl (C=O) groups is 5. The predicted molar refractivity (Wildman–Crippen MR) is 501 cm³/mol. The van der Waals surface area contributed by atoms with Crippen LogP contribution in [0.1, 0.15) is 140 Å². The van der Waals surface area contributed by atoms with Crippen molar-refractivity contribution in [2.75, 3.05) is 26.6 Å². The molecule has 0 bridgehead atoms. The Morgan fingerprint density at radius 1 is 0.343 bits per heavy atom. The van der Waals surface area contributed by atoms with Gasteiger partial charge in [0, 0.05) is 52.7 Å². The molecule has 10 aromatic heterocycles. The summed E-state index contributed by atoms with van der Waals surface area (Å²) < 4.78 is 194. The zero-order valence-electron chi connectivity index (χ0n) is 70.7. The number of aryl methyl sites for hydroxylation is 4. The molecule has 5 aromatic carbocycles. The van der Waals surface area contributed by atoms with E-state index in [9.17, 15) is 88.0 Å². The molecule has 5 amide bonds. The fourth-order valence-corrected chi connectivity index (χ4v) is 25.0. The summed E-state index contributed by atoms with van der Waals surface area (Å²) in [6.07, 6.45) is 7.67. The second-order valence-electron chi connectivity index (χ2n) is 28.8. The Bertz CT molecular complexity index is 7180. The van der Waals surface area contributed by atoms with Crippen LogP contribution in [-0.4, -0.2) is 121 Å². The number of carbonyl (C=O) groups excluding carboxylic acids is 5. The lowest BCUT2D eigenvalue weighted by Gasteiger charge is -2.07. The van der Waals surface area contributed by atoms with Crippen molar-refractivity contribution in [2.45, 2.75) is 104 Å². The Kier molecular flexibility index (Phi) is 34.6. The molecule has 15 aromatic rings. The molecule has 5 N–H and O–H groups in total. The molecule has 10 heterocycles. The number of alkyl halides is 2. The monoisotopic (exact) mass is 2030 g/mol. The third-order valence-corrected chi connectivity index (χ3v) is 34.5. The van der Waals surface area contributed by atoms with E-state index in [2.05, 4.69) is 90.3 Å². The second-order valence-corrected chi connectivity index (χ2v) is 45.3. The molecule has 0 aliphatic heterocycles. The molecular formula is C88H75ClF5N15O15S10. The van der Waals surface area contributed by atoms with Crippen LogP contribution in [0, 0.1) is 45.1 Å². The van der Waals surface area contributed by atoms with Gasteiger partial charge < -0.3 is 0 Å². The van der Waals surface area contributed by atoms with Crippen LogP contribution >= 0.6 is 68.3 Å². The number of nitrogens with one attached hydrogen (secondary N) is 5. The first kappa shape index (κ1) is 102. The smallest absolute Gasteiger partial charge is 0.282 e. The van der Waals surface area contributed by atoms with Crippen molar-refractivity contribution in [3.05, 3.63) is 356 Å². The van der Waals surface area contributed by atoms with Gasteiger partial charge >= 0.3 is 0 Å². The van der Waals surface area contributed by atoms with Gasteiger partial charge in [-0.3, -0.25) is 75.5 Å². The van der Waals surface area contributed by atoms with Crippen LogP contribution in [0.3, 0.4) is 0 Å². The fourth-order valence-electron chi connectivity index (χ4n) is 11.4. The first-order valence-electron chi connectivity index (χ1n) is 39.1. The molecule has 0 aliphatic carbocycles. The maximum Gasteiger partial charge on any atom is 0.282 e. The standard InChI is InChI=1S/C20H21N3O3S2.C18H14F3N3O3S2.C17H14ClN3O3S2.C17H14FN3O3S2.C16H12FN3O3S2/c1-13(2)16-9-7-15(8-10-16)12-28(25,26)19-14(3)22-20(27-19)23-18(24)17-6-4-5-11-21-17;1-10-5-6-11(12(19)8-10)9-29(26,27)17-14(15(20)21)23-18(28-17)24-16(25)13-4-2-3-7-22-13;2*1-11-5-6-12(13(18)8-11)10-26(23,24)15-9-20-17(25-15)21-16(22)14-4-2-3-7-19-14;17-12-6-2-1-5-11(12)10-25(22,23)14-9-19-16(24-14)20-15(21)13-7-3-4-8-18-13/h4-11,13H,12H2,1-3H3,(H,22,23,24);2-8,15H,9H2,1H3,(H,23,24,25);2*2-9H,10H2,1H3,(H,20,21,22);1-9H,10H2,(H,19,20,21). The highest BCUT2D eigenvalue weighted by Gasteiger charge is 2.33. The summed E-state index contributed by atoms with van der Waals surface area (Å²) in [4.78, 5) is 99.5. The van der Waals surface area contributed by atoms with Gasteiger partial charge in [-0.1, -0.05) is 191 Å². The average Bonchev–Trinajstić information content (AvgIpc) is 1.64.